The third-order valence-corrected chi connectivity index (χ3v) is 6.73. The van der Waals surface area contributed by atoms with E-state index in [2.05, 4.69) is 13.2 Å². The Kier molecular flexibility index (Phi) is 17.8. The van der Waals surface area contributed by atoms with Gasteiger partial charge in [-0.15, -0.1) is 0 Å². The third kappa shape index (κ3) is 16.1. The Hall–Kier alpha value is -1.28. The van der Waals surface area contributed by atoms with Crippen LogP contribution in [0.1, 0.15) is 41.5 Å². The third-order valence-electron chi connectivity index (χ3n) is 2.95. The lowest BCUT2D eigenvalue weighted by Gasteiger charge is -2.16. The minimum absolute atomic E-state index is 0.00295. The van der Waals surface area contributed by atoms with E-state index in [4.69, 9.17) is 27.6 Å². The molecule has 0 aliphatic carbocycles. The van der Waals surface area contributed by atoms with Gasteiger partial charge in [0, 0.05) is 11.1 Å². The monoisotopic (exact) mass is 486 g/mol. The van der Waals surface area contributed by atoms with Crippen molar-refractivity contribution >= 4 is 27.1 Å². The highest BCUT2D eigenvalue weighted by atomic mass is 31.2. The molecule has 0 aromatic heterocycles. The van der Waals surface area contributed by atoms with Gasteiger partial charge in [-0.05, 0) is 41.5 Å². The molecule has 0 amide bonds. The number of rotatable bonds is 15. The Balaban J connectivity index is 0. The number of hydrogen-bond donors (Lipinski definition) is 0. The van der Waals surface area contributed by atoms with Crippen LogP contribution in [-0.2, 0) is 46.3 Å². The molecule has 12 heteroatoms. The minimum Gasteiger partial charge on any atom is -0.462 e. The first-order valence-corrected chi connectivity index (χ1v) is 13.3. The summed E-state index contributed by atoms with van der Waals surface area (Å²) in [6.45, 7) is 17.8. The van der Waals surface area contributed by atoms with Crippen LogP contribution in [0, 0.1) is 0 Å². The number of carbonyl (C=O) groups excluding carboxylic acids is 2. The van der Waals surface area contributed by atoms with Crippen molar-refractivity contribution < 1.29 is 46.3 Å². The summed E-state index contributed by atoms with van der Waals surface area (Å²) in [6.07, 6.45) is -0.311. The average molecular weight is 486 g/mol. The molecule has 182 valence electrons. The van der Waals surface area contributed by atoms with Crippen LogP contribution in [0.3, 0.4) is 0 Å². The Morgan fingerprint density at radius 2 is 1.03 bits per heavy atom. The summed E-state index contributed by atoms with van der Waals surface area (Å²) in [5.41, 5.74) is 0.553. The molecule has 0 heterocycles. The molecular formula is C19H36O10P2. The van der Waals surface area contributed by atoms with E-state index < -0.39 is 27.1 Å². The largest absolute Gasteiger partial charge is 0.462 e. The second kappa shape index (κ2) is 17.3. The van der Waals surface area contributed by atoms with Crippen LogP contribution in [0.5, 0.6) is 0 Å². The first-order valence-electron chi connectivity index (χ1n) is 9.81. The molecular weight excluding hydrogens is 450 g/mol. The van der Waals surface area contributed by atoms with Crippen LogP contribution < -0.4 is 0 Å². The van der Waals surface area contributed by atoms with Gasteiger partial charge in [0.2, 0.25) is 0 Å². The van der Waals surface area contributed by atoms with Crippen molar-refractivity contribution in [3.63, 3.8) is 0 Å². The van der Waals surface area contributed by atoms with E-state index in [0.29, 0.717) is 18.8 Å². The Morgan fingerprint density at radius 1 is 0.677 bits per heavy atom. The smallest absolute Gasteiger partial charge is 0.367 e. The van der Waals surface area contributed by atoms with Crippen LogP contribution >= 0.6 is 15.2 Å². The van der Waals surface area contributed by atoms with Gasteiger partial charge in [0.1, 0.15) is 6.61 Å². The molecule has 0 aliphatic heterocycles. The normalized spacial score (nSPS) is 11.2. The number of ether oxygens (including phenoxy) is 2. The van der Waals surface area contributed by atoms with Gasteiger partial charge in [0.15, 0.2) is 6.35 Å². The van der Waals surface area contributed by atoms with E-state index in [1.54, 1.807) is 34.6 Å². The van der Waals surface area contributed by atoms with E-state index >= 15 is 0 Å². The van der Waals surface area contributed by atoms with E-state index in [-0.39, 0.29) is 37.9 Å². The van der Waals surface area contributed by atoms with Crippen LogP contribution in [0.15, 0.2) is 24.3 Å². The van der Waals surface area contributed by atoms with E-state index in [1.807, 2.05) is 0 Å². The molecule has 0 aliphatic rings. The lowest BCUT2D eigenvalue weighted by Crippen LogP contribution is -2.11. The molecule has 0 atom stereocenters. The molecule has 31 heavy (non-hydrogen) atoms. The Bertz CT molecular complexity index is 655. The molecule has 10 nitrogen and oxygen atoms in total. The van der Waals surface area contributed by atoms with Crippen LogP contribution in [0.4, 0.5) is 0 Å². The first kappa shape index (κ1) is 31.9. The zero-order valence-corrected chi connectivity index (χ0v) is 21.1. The van der Waals surface area contributed by atoms with Gasteiger partial charge in [-0.2, -0.15) is 0 Å². The van der Waals surface area contributed by atoms with Crippen LogP contribution in [0.25, 0.3) is 0 Å². The molecule has 0 rings (SSSR count). The fourth-order valence-corrected chi connectivity index (χ4v) is 4.42. The van der Waals surface area contributed by atoms with Crippen molar-refractivity contribution in [1.29, 1.82) is 0 Å². The topological polar surface area (TPSA) is 124 Å². The quantitative estimate of drug-likeness (QED) is 0.183. The maximum atomic E-state index is 11.9. The van der Waals surface area contributed by atoms with Crippen molar-refractivity contribution in [2.75, 3.05) is 45.5 Å². The summed E-state index contributed by atoms with van der Waals surface area (Å²) in [5.74, 6) is -1.10. The standard InChI is InChI=1S/C10H19O5P.C9H17O5P/c1-5-14-16(12,15-6-2)8-7-13-10(11)9(3)4;1-5-13-15(11,14-6-2)7-12-9(10)8(3)4/h3,5-8H2,1-2,4H3;3,5-7H2,1-2,4H3. The van der Waals surface area contributed by atoms with Crippen molar-refractivity contribution in [2.24, 2.45) is 0 Å². The number of esters is 2. The molecule has 0 saturated heterocycles. The highest BCUT2D eigenvalue weighted by Gasteiger charge is 2.26. The van der Waals surface area contributed by atoms with Gasteiger partial charge in [0.05, 0.1) is 32.6 Å². The SMILES string of the molecule is C=C(C)C(=O)OCCP(=O)(OCC)OCC.C=C(C)C(=O)OCP(=O)(OCC)OCC. The summed E-state index contributed by atoms with van der Waals surface area (Å²) < 4.78 is 53.2. The van der Waals surface area contributed by atoms with Gasteiger partial charge in [0.25, 0.3) is 0 Å². The van der Waals surface area contributed by atoms with Gasteiger partial charge in [-0.1, -0.05) is 13.2 Å². The van der Waals surface area contributed by atoms with Crippen molar-refractivity contribution in [3.8, 4) is 0 Å². The summed E-state index contributed by atoms with van der Waals surface area (Å²) in [4.78, 5) is 22.1. The molecule has 0 aromatic carbocycles. The van der Waals surface area contributed by atoms with Crippen LogP contribution in [-0.4, -0.2) is 57.5 Å². The van der Waals surface area contributed by atoms with Crippen LogP contribution in [0.2, 0.25) is 0 Å². The van der Waals surface area contributed by atoms with Crippen molar-refractivity contribution in [3.05, 3.63) is 24.3 Å². The highest BCUT2D eigenvalue weighted by molar-refractivity contribution is 7.54. The Morgan fingerprint density at radius 3 is 1.39 bits per heavy atom. The van der Waals surface area contributed by atoms with Gasteiger partial charge >= 0.3 is 27.1 Å². The maximum absolute atomic E-state index is 11.9. The fraction of sp³-hybridized carbons (Fsp3) is 0.684. The van der Waals surface area contributed by atoms with E-state index in [9.17, 15) is 18.7 Å². The summed E-state index contributed by atoms with van der Waals surface area (Å²) in [7, 11) is -6.41. The molecule has 0 N–H and O–H groups in total. The maximum Gasteiger partial charge on any atom is 0.367 e. The van der Waals surface area contributed by atoms with Crippen molar-refractivity contribution in [2.45, 2.75) is 41.5 Å². The predicted molar refractivity (Wildman–Crippen MR) is 118 cm³/mol. The zero-order valence-electron chi connectivity index (χ0n) is 19.3. The number of carbonyl (C=O) groups is 2. The van der Waals surface area contributed by atoms with Crippen molar-refractivity contribution in [1.82, 2.24) is 0 Å². The van der Waals surface area contributed by atoms with Gasteiger partial charge in [-0.25, -0.2) is 9.59 Å². The molecule has 0 bridgehead atoms. The number of hydrogen-bond acceptors (Lipinski definition) is 10. The average Bonchev–Trinajstić information content (AvgIpc) is 2.67. The van der Waals surface area contributed by atoms with E-state index in [1.165, 1.54) is 6.92 Å². The molecule has 0 radical (unpaired) electrons. The fourth-order valence-electron chi connectivity index (χ4n) is 1.70. The summed E-state index contributed by atoms with van der Waals surface area (Å²) >= 11 is 0. The van der Waals surface area contributed by atoms with E-state index in [0.717, 1.165) is 0 Å². The van der Waals surface area contributed by atoms with Gasteiger partial charge < -0.3 is 27.6 Å². The first-order chi connectivity index (χ1) is 14.4. The molecule has 0 spiro atoms. The molecule has 0 fully saturated rings. The highest BCUT2D eigenvalue weighted by Crippen LogP contribution is 2.48. The molecule has 0 aromatic rings. The lowest BCUT2D eigenvalue weighted by molar-refractivity contribution is -0.138. The second-order valence-electron chi connectivity index (χ2n) is 5.87. The minimum atomic E-state index is -3.30. The Labute approximate surface area is 185 Å². The summed E-state index contributed by atoms with van der Waals surface area (Å²) in [6, 6.07) is 0. The van der Waals surface area contributed by atoms with Gasteiger partial charge in [-0.3, -0.25) is 9.13 Å². The zero-order chi connectivity index (χ0) is 24.5. The summed E-state index contributed by atoms with van der Waals surface area (Å²) in [5, 5.41) is 0. The predicted octanol–water partition coefficient (Wildman–Crippen LogP) is 4.70. The lowest BCUT2D eigenvalue weighted by atomic mass is 10.4. The second-order valence-corrected chi connectivity index (χ2v) is 10.1. The molecule has 0 unspecified atom stereocenters. The molecule has 0 saturated carbocycles.